The Balaban J connectivity index is 1.84. The van der Waals surface area contributed by atoms with Gasteiger partial charge in [0.05, 0.1) is 13.7 Å². The Labute approximate surface area is 126 Å². The van der Waals surface area contributed by atoms with Crippen LogP contribution in [0.1, 0.15) is 42.5 Å². The van der Waals surface area contributed by atoms with Crippen molar-refractivity contribution in [1.29, 1.82) is 0 Å². The molecule has 1 unspecified atom stereocenters. The molecule has 0 bridgehead atoms. The minimum absolute atomic E-state index is 0.510. The Kier molecular flexibility index (Phi) is 4.25. The van der Waals surface area contributed by atoms with Gasteiger partial charge in [-0.05, 0) is 43.0 Å². The monoisotopic (exact) mass is 285 g/mol. The zero-order chi connectivity index (χ0) is 14.7. The van der Waals surface area contributed by atoms with Crippen molar-refractivity contribution in [1.82, 2.24) is 14.9 Å². The smallest absolute Gasteiger partial charge is 0.218 e. The van der Waals surface area contributed by atoms with Crippen LogP contribution in [0.25, 0.3) is 0 Å². The van der Waals surface area contributed by atoms with Gasteiger partial charge in [-0.1, -0.05) is 13.0 Å². The molecule has 112 valence electrons. The summed E-state index contributed by atoms with van der Waals surface area (Å²) in [5, 5.41) is 3.59. The first kappa shape index (κ1) is 14.1. The van der Waals surface area contributed by atoms with E-state index in [1.807, 2.05) is 6.07 Å². The first-order valence-electron chi connectivity index (χ1n) is 7.71. The van der Waals surface area contributed by atoms with Crippen molar-refractivity contribution < 1.29 is 4.74 Å². The Morgan fingerprint density at radius 2 is 2.33 bits per heavy atom. The number of aryl methyl sites for hydroxylation is 1. The van der Waals surface area contributed by atoms with Crippen LogP contribution in [0.5, 0.6) is 5.88 Å². The molecule has 4 nitrogen and oxygen atoms in total. The predicted molar refractivity (Wildman–Crippen MR) is 83.7 cm³/mol. The highest BCUT2D eigenvalue weighted by atomic mass is 16.5. The molecule has 1 aliphatic rings. The Morgan fingerprint density at radius 1 is 1.43 bits per heavy atom. The van der Waals surface area contributed by atoms with Crippen LogP contribution in [0.4, 0.5) is 0 Å². The van der Waals surface area contributed by atoms with E-state index in [-0.39, 0.29) is 0 Å². The summed E-state index contributed by atoms with van der Waals surface area (Å²) < 4.78 is 7.61. The fraction of sp³-hybridized carbons (Fsp3) is 0.471. The first-order valence-corrected chi connectivity index (χ1v) is 7.71. The third-order valence-electron chi connectivity index (χ3n) is 4.16. The van der Waals surface area contributed by atoms with Crippen molar-refractivity contribution in [2.75, 3.05) is 13.7 Å². The summed E-state index contributed by atoms with van der Waals surface area (Å²) in [7, 11) is 1.67. The van der Waals surface area contributed by atoms with Gasteiger partial charge >= 0.3 is 0 Å². The van der Waals surface area contributed by atoms with Crippen LogP contribution in [-0.4, -0.2) is 23.2 Å². The molecule has 0 saturated heterocycles. The lowest BCUT2D eigenvalue weighted by Gasteiger charge is -2.22. The highest BCUT2D eigenvalue weighted by Gasteiger charge is 2.21. The van der Waals surface area contributed by atoms with Crippen molar-refractivity contribution in [3.63, 3.8) is 0 Å². The lowest BCUT2D eigenvalue weighted by molar-refractivity contribution is 0.391. The number of methoxy groups -OCH3 is 1. The maximum absolute atomic E-state index is 5.34. The SMILES string of the molecule is CCNC1CCCc2cn(Cc3cccnc3OC)cc21. The molecule has 0 amide bonds. The van der Waals surface area contributed by atoms with Crippen molar-refractivity contribution in [2.45, 2.75) is 38.8 Å². The third-order valence-corrected chi connectivity index (χ3v) is 4.16. The lowest BCUT2D eigenvalue weighted by Crippen LogP contribution is -2.23. The lowest BCUT2D eigenvalue weighted by atomic mass is 9.91. The maximum atomic E-state index is 5.34. The van der Waals surface area contributed by atoms with Crippen LogP contribution in [0.15, 0.2) is 30.7 Å². The van der Waals surface area contributed by atoms with Crippen molar-refractivity contribution in [3.05, 3.63) is 47.4 Å². The predicted octanol–water partition coefficient (Wildman–Crippen LogP) is 2.93. The van der Waals surface area contributed by atoms with Gasteiger partial charge in [-0.2, -0.15) is 0 Å². The number of hydrogen-bond acceptors (Lipinski definition) is 3. The van der Waals surface area contributed by atoms with Gasteiger partial charge in [0.25, 0.3) is 0 Å². The number of pyridine rings is 1. The molecular weight excluding hydrogens is 262 g/mol. The molecular formula is C17H23N3O. The topological polar surface area (TPSA) is 39.1 Å². The summed E-state index contributed by atoms with van der Waals surface area (Å²) in [6.45, 7) is 4.00. The van der Waals surface area contributed by atoms with Crippen LogP contribution in [0, 0.1) is 0 Å². The van der Waals surface area contributed by atoms with E-state index in [1.54, 1.807) is 13.3 Å². The molecule has 0 aromatic carbocycles. The van der Waals surface area contributed by atoms with Gasteiger partial charge in [-0.3, -0.25) is 0 Å². The summed E-state index contributed by atoms with van der Waals surface area (Å²) >= 11 is 0. The van der Waals surface area contributed by atoms with E-state index in [4.69, 9.17) is 4.74 Å². The van der Waals surface area contributed by atoms with Gasteiger partial charge < -0.3 is 14.6 Å². The van der Waals surface area contributed by atoms with Crippen molar-refractivity contribution in [2.24, 2.45) is 0 Å². The highest BCUT2D eigenvalue weighted by Crippen LogP contribution is 2.31. The molecule has 1 aliphatic carbocycles. The summed E-state index contributed by atoms with van der Waals surface area (Å²) in [5.74, 6) is 0.715. The molecule has 21 heavy (non-hydrogen) atoms. The molecule has 1 atom stereocenters. The number of nitrogens with zero attached hydrogens (tertiary/aromatic N) is 2. The van der Waals surface area contributed by atoms with Crippen LogP contribution in [-0.2, 0) is 13.0 Å². The molecule has 2 heterocycles. The second-order valence-corrected chi connectivity index (χ2v) is 5.59. The minimum Gasteiger partial charge on any atom is -0.481 e. The van der Waals surface area contributed by atoms with Gasteiger partial charge in [0.2, 0.25) is 5.88 Å². The van der Waals surface area contributed by atoms with Crippen LogP contribution in [0.2, 0.25) is 0 Å². The third kappa shape index (κ3) is 2.95. The average molecular weight is 285 g/mol. The Morgan fingerprint density at radius 3 is 3.14 bits per heavy atom. The first-order chi connectivity index (χ1) is 10.3. The molecule has 4 heteroatoms. The van der Waals surface area contributed by atoms with E-state index in [0.717, 1.165) is 18.7 Å². The minimum atomic E-state index is 0.510. The molecule has 3 rings (SSSR count). The summed E-state index contributed by atoms with van der Waals surface area (Å²) in [6, 6.07) is 4.55. The summed E-state index contributed by atoms with van der Waals surface area (Å²) in [5.41, 5.74) is 4.06. The van der Waals surface area contributed by atoms with Gasteiger partial charge in [-0.25, -0.2) is 4.98 Å². The van der Waals surface area contributed by atoms with E-state index in [2.05, 4.69) is 40.3 Å². The molecule has 0 saturated carbocycles. The zero-order valence-electron chi connectivity index (χ0n) is 12.8. The number of rotatable bonds is 5. The second kappa shape index (κ2) is 6.31. The second-order valence-electron chi connectivity index (χ2n) is 5.59. The highest BCUT2D eigenvalue weighted by molar-refractivity contribution is 5.32. The fourth-order valence-corrected chi connectivity index (χ4v) is 3.22. The van der Waals surface area contributed by atoms with Crippen LogP contribution < -0.4 is 10.1 Å². The molecule has 0 aliphatic heterocycles. The van der Waals surface area contributed by atoms with Gasteiger partial charge in [0, 0.05) is 30.2 Å². The largest absolute Gasteiger partial charge is 0.481 e. The number of ether oxygens (including phenoxy) is 1. The number of hydrogen-bond donors (Lipinski definition) is 1. The van der Waals surface area contributed by atoms with E-state index in [0.29, 0.717) is 11.9 Å². The fourth-order valence-electron chi connectivity index (χ4n) is 3.22. The standard InChI is InChI=1S/C17H23N3O/c1-3-18-16-8-4-6-13-10-20(12-15(13)16)11-14-7-5-9-19-17(14)21-2/h5,7,9-10,12,16,18H,3-4,6,8,11H2,1-2H3. The van der Waals surface area contributed by atoms with Gasteiger partial charge in [0.1, 0.15) is 0 Å². The number of fused-ring (bicyclic) bond motifs is 1. The molecule has 1 N–H and O–H groups in total. The molecule has 2 aromatic heterocycles. The van der Waals surface area contributed by atoms with E-state index in [9.17, 15) is 0 Å². The summed E-state index contributed by atoms with van der Waals surface area (Å²) in [6.07, 6.45) is 10.0. The zero-order valence-corrected chi connectivity index (χ0v) is 12.8. The number of nitrogens with one attached hydrogen (secondary N) is 1. The van der Waals surface area contributed by atoms with Crippen LogP contribution in [0.3, 0.4) is 0 Å². The molecule has 2 aromatic rings. The average Bonchev–Trinajstić information content (AvgIpc) is 2.92. The Hall–Kier alpha value is -1.81. The maximum Gasteiger partial charge on any atom is 0.218 e. The van der Waals surface area contributed by atoms with Crippen LogP contribution >= 0.6 is 0 Å². The molecule has 0 fully saturated rings. The number of aromatic nitrogens is 2. The van der Waals surface area contributed by atoms with E-state index in [1.165, 1.54) is 30.4 Å². The van der Waals surface area contributed by atoms with E-state index >= 15 is 0 Å². The molecule has 0 radical (unpaired) electrons. The normalized spacial score (nSPS) is 17.5. The quantitative estimate of drug-likeness (QED) is 0.918. The van der Waals surface area contributed by atoms with E-state index < -0.39 is 0 Å². The van der Waals surface area contributed by atoms with Crippen molar-refractivity contribution >= 4 is 0 Å². The summed E-state index contributed by atoms with van der Waals surface area (Å²) in [4.78, 5) is 4.27. The molecule has 0 spiro atoms. The van der Waals surface area contributed by atoms with Gasteiger partial charge in [0.15, 0.2) is 0 Å². The van der Waals surface area contributed by atoms with Gasteiger partial charge in [-0.15, -0.1) is 0 Å². The van der Waals surface area contributed by atoms with Crippen molar-refractivity contribution in [3.8, 4) is 5.88 Å². The Bertz CT molecular complexity index is 606.